The third-order valence-corrected chi connectivity index (χ3v) is 12.9. The van der Waals surface area contributed by atoms with Gasteiger partial charge in [0.2, 0.25) is 0 Å². The fourth-order valence-corrected chi connectivity index (χ4v) is 9.50. The number of hydrogen-bond acceptors (Lipinski definition) is 2. The first-order chi connectivity index (χ1) is 33.6. The zero-order valence-electron chi connectivity index (χ0n) is 37.2. The number of amidine groups is 2. The summed E-state index contributed by atoms with van der Waals surface area (Å²) >= 11 is 0. The molecule has 0 unspecified atom stereocenters. The van der Waals surface area contributed by atoms with Gasteiger partial charge < -0.3 is 5.73 Å². The lowest BCUT2D eigenvalue weighted by Gasteiger charge is -2.15. The van der Waals surface area contributed by atoms with E-state index in [0.29, 0.717) is 23.8 Å². The molecule has 0 aliphatic heterocycles. The third kappa shape index (κ3) is 8.11. The van der Waals surface area contributed by atoms with Gasteiger partial charge in [-0.3, -0.25) is 4.99 Å². The molecular formula is C64H44N4. The molecular weight excluding hydrogens is 825 g/mol. The average Bonchev–Trinajstić information content (AvgIpc) is 3.42. The number of hydrogen-bond donors (Lipinski definition) is 1. The lowest BCUT2D eigenvalue weighted by Crippen LogP contribution is -2.16. The molecule has 0 aliphatic rings. The highest BCUT2D eigenvalue weighted by molar-refractivity contribution is 6.14. The van der Waals surface area contributed by atoms with E-state index in [-0.39, 0.29) is 0 Å². The Morgan fingerprint density at radius 1 is 0.382 bits per heavy atom. The molecule has 0 aliphatic carbocycles. The largest absolute Gasteiger partial charge is 0.383 e. The monoisotopic (exact) mass is 868 g/mol. The topological polar surface area (TPSA) is 74.5 Å². The second kappa shape index (κ2) is 18.4. The summed E-state index contributed by atoms with van der Waals surface area (Å²) in [5, 5.41) is 18.0. The summed E-state index contributed by atoms with van der Waals surface area (Å²) < 4.78 is 0. The van der Waals surface area contributed by atoms with Crippen molar-refractivity contribution in [2.24, 2.45) is 15.7 Å². The van der Waals surface area contributed by atoms with E-state index >= 15 is 0 Å². The molecule has 0 amide bonds. The fourth-order valence-electron chi connectivity index (χ4n) is 9.50. The molecule has 0 bridgehead atoms. The van der Waals surface area contributed by atoms with E-state index in [1.54, 1.807) is 0 Å². The van der Waals surface area contributed by atoms with Crippen LogP contribution in [0.15, 0.2) is 253 Å². The van der Waals surface area contributed by atoms with Gasteiger partial charge in [-0.2, -0.15) is 5.26 Å². The predicted molar refractivity (Wildman–Crippen MR) is 285 cm³/mol. The summed E-state index contributed by atoms with van der Waals surface area (Å²) in [5.41, 5.74) is 20.6. The Hall–Kier alpha value is -9.17. The van der Waals surface area contributed by atoms with Crippen molar-refractivity contribution in [3.8, 4) is 61.7 Å². The van der Waals surface area contributed by atoms with Crippen LogP contribution in [0.3, 0.4) is 0 Å². The second-order valence-electron chi connectivity index (χ2n) is 17.0. The molecule has 4 nitrogen and oxygen atoms in total. The highest BCUT2D eigenvalue weighted by atomic mass is 15.0. The molecule has 68 heavy (non-hydrogen) atoms. The normalized spacial score (nSPS) is 11.8. The van der Waals surface area contributed by atoms with Gasteiger partial charge in [0.25, 0.3) is 0 Å². The standard InChI is InChI=1S/C64H44N4/c65-41-52-38-47(36-37-57(52)58-28-11-10-26-54(58)48-22-14-23-49(39-48)62-40-50-19-5-8-25-55(50)60-29-12-13-30-61(60)62)43-32-34-46(35-33-43)64(68-63(66)45-17-2-1-3-18-45)67-42-51-20-6-9-27-56(51)59-31-15-21-44-16-4-7-24-53(44)59/h1-40H,42H2,(H2,66,67,68). The summed E-state index contributed by atoms with van der Waals surface area (Å²) in [4.78, 5) is 10.1. The molecule has 11 aromatic rings. The van der Waals surface area contributed by atoms with Crippen LogP contribution in [-0.4, -0.2) is 11.7 Å². The van der Waals surface area contributed by atoms with Gasteiger partial charge in [-0.1, -0.05) is 224 Å². The van der Waals surface area contributed by atoms with E-state index in [4.69, 9.17) is 15.7 Å². The van der Waals surface area contributed by atoms with E-state index in [1.165, 1.54) is 43.4 Å². The third-order valence-electron chi connectivity index (χ3n) is 12.9. The van der Waals surface area contributed by atoms with Crippen molar-refractivity contribution in [3.63, 3.8) is 0 Å². The van der Waals surface area contributed by atoms with E-state index in [1.807, 2.05) is 54.6 Å². The summed E-state index contributed by atoms with van der Waals surface area (Å²) in [6.07, 6.45) is 0. The number of rotatable bonds is 9. The second-order valence-corrected chi connectivity index (χ2v) is 17.0. The first-order valence-electron chi connectivity index (χ1n) is 22.9. The van der Waals surface area contributed by atoms with Crippen molar-refractivity contribution in [1.82, 2.24) is 0 Å². The minimum atomic E-state index is 0.388. The summed E-state index contributed by atoms with van der Waals surface area (Å²) in [7, 11) is 0. The molecule has 0 spiro atoms. The number of aliphatic imine (C=N–C) groups is 2. The Labute approximate surface area is 396 Å². The fraction of sp³-hybridized carbons (Fsp3) is 0.0156. The van der Waals surface area contributed by atoms with Crippen molar-refractivity contribution < 1.29 is 0 Å². The van der Waals surface area contributed by atoms with Crippen molar-refractivity contribution in [2.45, 2.75) is 6.54 Å². The predicted octanol–water partition coefficient (Wildman–Crippen LogP) is 15.7. The van der Waals surface area contributed by atoms with Gasteiger partial charge in [0.05, 0.1) is 18.2 Å². The average molecular weight is 869 g/mol. The van der Waals surface area contributed by atoms with Gasteiger partial charge in [0.15, 0.2) is 5.84 Å². The molecule has 0 saturated carbocycles. The van der Waals surface area contributed by atoms with Crippen LogP contribution in [0.5, 0.6) is 0 Å². The number of benzene rings is 11. The summed E-state index contributed by atoms with van der Waals surface area (Å²) in [6.45, 7) is 0.404. The van der Waals surface area contributed by atoms with Crippen LogP contribution in [0.1, 0.15) is 22.3 Å². The Balaban J connectivity index is 0.922. The first-order valence-corrected chi connectivity index (χ1v) is 22.9. The lowest BCUT2D eigenvalue weighted by molar-refractivity contribution is 1.06. The summed E-state index contributed by atoms with van der Waals surface area (Å²) in [6, 6.07) is 86.6. The minimum Gasteiger partial charge on any atom is -0.383 e. The zero-order valence-corrected chi connectivity index (χ0v) is 37.2. The zero-order chi connectivity index (χ0) is 45.8. The molecule has 0 fully saturated rings. The van der Waals surface area contributed by atoms with E-state index < -0.39 is 0 Å². The maximum atomic E-state index is 10.7. The first kappa shape index (κ1) is 41.5. The molecule has 11 aromatic carbocycles. The lowest BCUT2D eigenvalue weighted by atomic mass is 9.88. The van der Waals surface area contributed by atoms with Crippen LogP contribution in [0.4, 0.5) is 0 Å². The van der Waals surface area contributed by atoms with Gasteiger partial charge >= 0.3 is 0 Å². The van der Waals surface area contributed by atoms with Crippen LogP contribution < -0.4 is 5.73 Å². The number of fused-ring (bicyclic) bond motifs is 4. The molecule has 11 rings (SSSR count). The maximum absolute atomic E-state index is 10.7. The molecule has 0 saturated heterocycles. The Morgan fingerprint density at radius 2 is 0.971 bits per heavy atom. The van der Waals surface area contributed by atoms with Crippen LogP contribution in [0.2, 0.25) is 0 Å². The number of nitriles is 1. The highest BCUT2D eigenvalue weighted by Crippen LogP contribution is 2.40. The molecule has 0 aromatic heterocycles. The Kier molecular flexibility index (Phi) is 11.2. The minimum absolute atomic E-state index is 0.388. The maximum Gasteiger partial charge on any atom is 0.157 e. The highest BCUT2D eigenvalue weighted by Gasteiger charge is 2.16. The van der Waals surface area contributed by atoms with Gasteiger partial charge in [-0.05, 0) is 106 Å². The molecule has 0 radical (unpaired) electrons. The summed E-state index contributed by atoms with van der Waals surface area (Å²) in [5.74, 6) is 0.923. The van der Waals surface area contributed by atoms with Gasteiger partial charge in [-0.25, -0.2) is 4.99 Å². The number of nitrogens with two attached hydrogens (primary N) is 1. The SMILES string of the molecule is N#Cc1cc(-c2ccc(C(N=C(N)c3ccccc3)=NCc3ccccc3-c3cccc4ccccc34)cc2)ccc1-c1ccccc1-c1cccc(-c2cc3ccccc3c3ccccc23)c1. The molecule has 0 heterocycles. The van der Waals surface area contributed by atoms with E-state index in [2.05, 4.69) is 194 Å². The van der Waals surface area contributed by atoms with Crippen molar-refractivity contribution in [1.29, 1.82) is 5.26 Å². The van der Waals surface area contributed by atoms with Crippen molar-refractivity contribution in [3.05, 3.63) is 265 Å². The van der Waals surface area contributed by atoms with Crippen LogP contribution in [0, 0.1) is 11.3 Å². The molecule has 0 atom stereocenters. The van der Waals surface area contributed by atoms with Crippen LogP contribution >= 0.6 is 0 Å². The van der Waals surface area contributed by atoms with Crippen molar-refractivity contribution >= 4 is 44.0 Å². The molecule has 320 valence electrons. The van der Waals surface area contributed by atoms with Crippen LogP contribution in [-0.2, 0) is 6.54 Å². The smallest absolute Gasteiger partial charge is 0.157 e. The Morgan fingerprint density at radius 3 is 1.76 bits per heavy atom. The van der Waals surface area contributed by atoms with Gasteiger partial charge in [0.1, 0.15) is 5.84 Å². The number of nitrogens with zero attached hydrogens (tertiary/aromatic N) is 3. The van der Waals surface area contributed by atoms with Crippen molar-refractivity contribution in [2.75, 3.05) is 0 Å². The van der Waals surface area contributed by atoms with Gasteiger partial charge in [-0.15, -0.1) is 0 Å². The van der Waals surface area contributed by atoms with E-state index in [0.717, 1.165) is 61.2 Å². The van der Waals surface area contributed by atoms with E-state index in [9.17, 15) is 5.26 Å². The van der Waals surface area contributed by atoms with Gasteiger partial charge in [0, 0.05) is 16.7 Å². The quantitative estimate of drug-likeness (QED) is 0.0891. The Bertz CT molecular complexity index is 3780. The molecule has 4 heteroatoms. The molecule has 2 N–H and O–H groups in total. The van der Waals surface area contributed by atoms with Crippen LogP contribution in [0.25, 0.3) is 88.0 Å².